The van der Waals surface area contributed by atoms with Crippen molar-refractivity contribution in [2.75, 3.05) is 0 Å². The number of hydrogen-bond acceptors (Lipinski definition) is 4. The van der Waals surface area contributed by atoms with Gasteiger partial charge < -0.3 is 0 Å². The number of rotatable bonds is 6. The van der Waals surface area contributed by atoms with E-state index in [1.807, 2.05) is 67.6 Å². The van der Waals surface area contributed by atoms with Gasteiger partial charge in [-0.15, -0.1) is 0 Å². The van der Waals surface area contributed by atoms with E-state index in [9.17, 15) is 9.59 Å². The molecule has 0 aliphatic rings. The van der Waals surface area contributed by atoms with Crippen molar-refractivity contribution in [3.8, 4) is 11.3 Å². The lowest BCUT2D eigenvalue weighted by Crippen LogP contribution is -2.42. The molecule has 0 bridgehead atoms. The molecule has 0 aliphatic carbocycles. The zero-order chi connectivity index (χ0) is 21.6. The quantitative estimate of drug-likeness (QED) is 0.422. The number of H-pyrrole nitrogens is 1. The normalized spacial score (nSPS) is 10.6. The Kier molecular flexibility index (Phi) is 5.89. The first-order valence-corrected chi connectivity index (χ1v) is 9.96. The molecule has 0 unspecified atom stereocenters. The van der Waals surface area contributed by atoms with E-state index in [-0.39, 0.29) is 5.69 Å². The van der Waals surface area contributed by atoms with Crippen LogP contribution in [-0.2, 0) is 13.0 Å². The third-order valence-corrected chi connectivity index (χ3v) is 4.88. The Hall–Kier alpha value is -4.20. The first kappa shape index (κ1) is 20.1. The molecule has 2 aromatic heterocycles. The van der Waals surface area contributed by atoms with E-state index in [1.54, 1.807) is 10.7 Å². The predicted molar refractivity (Wildman–Crippen MR) is 116 cm³/mol. The van der Waals surface area contributed by atoms with E-state index in [2.05, 4.69) is 26.1 Å². The van der Waals surface area contributed by atoms with E-state index in [1.165, 1.54) is 6.20 Å². The Morgan fingerprint density at radius 3 is 2.35 bits per heavy atom. The summed E-state index contributed by atoms with van der Waals surface area (Å²) in [5.74, 6) is -0.912. The van der Waals surface area contributed by atoms with Crippen LogP contribution in [-0.4, -0.2) is 31.8 Å². The number of aromatic nitrogens is 4. The molecule has 0 atom stereocenters. The van der Waals surface area contributed by atoms with E-state index < -0.39 is 11.8 Å². The van der Waals surface area contributed by atoms with Crippen molar-refractivity contribution in [2.24, 2.45) is 0 Å². The summed E-state index contributed by atoms with van der Waals surface area (Å²) >= 11 is 0. The first-order chi connectivity index (χ1) is 15.2. The minimum Gasteiger partial charge on any atom is -0.272 e. The highest BCUT2D eigenvalue weighted by Crippen LogP contribution is 2.17. The molecular formula is C23H22N6O2. The topological polar surface area (TPSA) is 105 Å². The SMILES string of the molecule is CCc1c(C(=O)NNC(=O)c2cc(-c3ccccc3)n[nH]2)cnn1Cc1ccccc1. The van der Waals surface area contributed by atoms with Crippen LogP contribution >= 0.6 is 0 Å². The van der Waals surface area contributed by atoms with Crippen molar-refractivity contribution in [3.05, 3.63) is 95.4 Å². The van der Waals surface area contributed by atoms with Crippen molar-refractivity contribution >= 4 is 11.8 Å². The molecule has 0 spiro atoms. The van der Waals surface area contributed by atoms with Crippen molar-refractivity contribution < 1.29 is 9.59 Å². The highest BCUT2D eigenvalue weighted by atomic mass is 16.2. The van der Waals surface area contributed by atoms with Crippen LogP contribution in [0.1, 0.15) is 39.0 Å². The second-order valence-corrected chi connectivity index (χ2v) is 6.94. The van der Waals surface area contributed by atoms with Gasteiger partial charge in [0.15, 0.2) is 0 Å². The van der Waals surface area contributed by atoms with E-state index in [0.717, 1.165) is 16.8 Å². The number of benzene rings is 2. The van der Waals surface area contributed by atoms with Gasteiger partial charge in [-0.25, -0.2) is 0 Å². The Morgan fingerprint density at radius 2 is 1.65 bits per heavy atom. The molecular weight excluding hydrogens is 392 g/mol. The smallest absolute Gasteiger partial charge is 0.272 e. The first-order valence-electron chi connectivity index (χ1n) is 9.96. The summed E-state index contributed by atoms with van der Waals surface area (Å²) in [6, 6.07) is 21.0. The van der Waals surface area contributed by atoms with Crippen LogP contribution in [0.2, 0.25) is 0 Å². The van der Waals surface area contributed by atoms with Gasteiger partial charge in [0.2, 0.25) is 0 Å². The Labute approximate surface area is 179 Å². The monoisotopic (exact) mass is 414 g/mol. The Balaban J connectivity index is 1.41. The summed E-state index contributed by atoms with van der Waals surface area (Å²) < 4.78 is 1.80. The lowest BCUT2D eigenvalue weighted by molar-refractivity contribution is 0.0843. The zero-order valence-corrected chi connectivity index (χ0v) is 17.0. The van der Waals surface area contributed by atoms with Gasteiger partial charge in [0.05, 0.1) is 29.7 Å². The van der Waals surface area contributed by atoms with Crippen molar-refractivity contribution in [1.29, 1.82) is 0 Å². The van der Waals surface area contributed by atoms with Crippen molar-refractivity contribution in [3.63, 3.8) is 0 Å². The van der Waals surface area contributed by atoms with Gasteiger partial charge in [0.1, 0.15) is 5.69 Å². The van der Waals surface area contributed by atoms with Gasteiger partial charge in [0.25, 0.3) is 11.8 Å². The standard InChI is InChI=1S/C23H22N6O2/c1-2-21-18(14-24-29(21)15-16-9-5-3-6-10-16)22(30)27-28-23(31)20-13-19(25-26-20)17-11-7-4-8-12-17/h3-14H,2,15H2,1H3,(H,25,26)(H,27,30)(H,28,31). The van der Waals surface area contributed by atoms with Crippen LogP contribution in [0.4, 0.5) is 0 Å². The van der Waals surface area contributed by atoms with Crippen LogP contribution in [0.3, 0.4) is 0 Å². The van der Waals surface area contributed by atoms with Crippen molar-refractivity contribution in [1.82, 2.24) is 30.8 Å². The third kappa shape index (κ3) is 4.53. The van der Waals surface area contributed by atoms with Crippen LogP contribution in [0.25, 0.3) is 11.3 Å². The molecule has 2 aromatic carbocycles. The molecule has 4 rings (SSSR count). The third-order valence-electron chi connectivity index (χ3n) is 4.88. The van der Waals surface area contributed by atoms with E-state index >= 15 is 0 Å². The molecule has 31 heavy (non-hydrogen) atoms. The van der Waals surface area contributed by atoms with Crippen LogP contribution in [0, 0.1) is 0 Å². The number of carbonyl (C=O) groups excluding carboxylic acids is 2. The molecule has 0 aliphatic heterocycles. The molecule has 4 aromatic rings. The number of hydrogen-bond donors (Lipinski definition) is 3. The molecule has 0 saturated heterocycles. The van der Waals surface area contributed by atoms with Crippen LogP contribution in [0.5, 0.6) is 0 Å². The zero-order valence-electron chi connectivity index (χ0n) is 17.0. The minimum atomic E-state index is -0.488. The lowest BCUT2D eigenvalue weighted by atomic mass is 10.1. The predicted octanol–water partition coefficient (Wildman–Crippen LogP) is 2.96. The fraction of sp³-hybridized carbons (Fsp3) is 0.130. The second-order valence-electron chi connectivity index (χ2n) is 6.94. The fourth-order valence-electron chi connectivity index (χ4n) is 3.31. The molecule has 156 valence electrons. The maximum atomic E-state index is 12.6. The summed E-state index contributed by atoms with van der Waals surface area (Å²) in [6.45, 7) is 2.53. The second kappa shape index (κ2) is 9.08. The number of carbonyl (C=O) groups is 2. The number of aromatic amines is 1. The van der Waals surface area contributed by atoms with Gasteiger partial charge >= 0.3 is 0 Å². The maximum Gasteiger partial charge on any atom is 0.287 e. The van der Waals surface area contributed by atoms with Gasteiger partial charge in [-0.2, -0.15) is 10.2 Å². The maximum absolute atomic E-state index is 12.6. The Morgan fingerprint density at radius 1 is 0.968 bits per heavy atom. The average molecular weight is 414 g/mol. The summed E-state index contributed by atoms with van der Waals surface area (Å²) in [5, 5.41) is 11.2. The van der Waals surface area contributed by atoms with Crippen LogP contribution < -0.4 is 10.9 Å². The summed E-state index contributed by atoms with van der Waals surface area (Å²) in [7, 11) is 0. The largest absolute Gasteiger partial charge is 0.287 e. The molecule has 8 nitrogen and oxygen atoms in total. The molecule has 8 heteroatoms. The van der Waals surface area contributed by atoms with E-state index in [4.69, 9.17) is 0 Å². The number of hydrazine groups is 1. The van der Waals surface area contributed by atoms with Gasteiger partial charge in [-0.3, -0.25) is 30.2 Å². The summed E-state index contributed by atoms with van der Waals surface area (Å²) in [6.07, 6.45) is 2.15. The minimum absolute atomic E-state index is 0.245. The van der Waals surface area contributed by atoms with Gasteiger partial charge in [0, 0.05) is 5.56 Å². The molecule has 0 radical (unpaired) electrons. The number of nitrogens with zero attached hydrogens (tertiary/aromatic N) is 3. The fourth-order valence-corrected chi connectivity index (χ4v) is 3.31. The number of nitrogens with one attached hydrogen (secondary N) is 3. The van der Waals surface area contributed by atoms with Gasteiger partial charge in [-0.05, 0) is 18.1 Å². The molecule has 2 heterocycles. The highest BCUT2D eigenvalue weighted by Gasteiger charge is 2.18. The molecule has 2 amide bonds. The molecule has 0 saturated carbocycles. The molecule has 3 N–H and O–H groups in total. The van der Waals surface area contributed by atoms with Crippen molar-refractivity contribution in [2.45, 2.75) is 19.9 Å². The summed E-state index contributed by atoms with van der Waals surface area (Å²) in [5.41, 5.74) is 8.98. The average Bonchev–Trinajstić information content (AvgIpc) is 3.46. The molecule has 0 fully saturated rings. The Bertz CT molecular complexity index is 1180. The highest BCUT2D eigenvalue weighted by molar-refractivity contribution is 5.99. The van der Waals surface area contributed by atoms with Crippen LogP contribution in [0.15, 0.2) is 72.9 Å². The lowest BCUT2D eigenvalue weighted by Gasteiger charge is -2.09. The van der Waals surface area contributed by atoms with E-state index in [0.29, 0.717) is 24.2 Å². The summed E-state index contributed by atoms with van der Waals surface area (Å²) in [4.78, 5) is 25.1. The van der Waals surface area contributed by atoms with Gasteiger partial charge in [-0.1, -0.05) is 67.6 Å². The number of amides is 2.